The average molecular weight is 429 g/mol. The molecule has 170 valence electrons. The fraction of sp³-hybridized carbons (Fsp3) is 0.419. The molecule has 3 aromatic rings. The Labute approximate surface area is 195 Å². The maximum atomic E-state index is 6.38. The minimum absolute atomic E-state index is 0.154. The lowest BCUT2D eigenvalue weighted by Gasteiger charge is -2.22. The summed E-state index contributed by atoms with van der Waals surface area (Å²) in [7, 11) is 0. The van der Waals surface area contributed by atoms with Gasteiger partial charge >= 0.3 is 0 Å². The van der Waals surface area contributed by atoms with Gasteiger partial charge in [-0.2, -0.15) is 0 Å². The quantitative estimate of drug-likeness (QED) is 0.299. The van der Waals surface area contributed by atoms with Crippen LogP contribution in [0.25, 0.3) is 0 Å². The molecule has 0 heterocycles. The number of ether oxygens (including phenoxy) is 1. The summed E-state index contributed by atoms with van der Waals surface area (Å²) >= 11 is 0. The van der Waals surface area contributed by atoms with Crippen molar-refractivity contribution in [2.75, 3.05) is 0 Å². The Bertz CT molecular complexity index is 918. The molecule has 1 heteroatoms. The van der Waals surface area contributed by atoms with E-state index in [-0.39, 0.29) is 12.2 Å². The molecule has 1 unspecified atom stereocenters. The first kappa shape index (κ1) is 24.3. The Kier molecular flexibility index (Phi) is 9.11. The van der Waals surface area contributed by atoms with Crippen molar-refractivity contribution in [2.45, 2.75) is 85.4 Å². The van der Waals surface area contributed by atoms with Crippen LogP contribution in [0.4, 0.5) is 0 Å². The third-order valence-corrected chi connectivity index (χ3v) is 6.22. The molecule has 3 rings (SSSR count). The third-order valence-electron chi connectivity index (χ3n) is 6.22. The van der Waals surface area contributed by atoms with Gasteiger partial charge in [0, 0.05) is 0 Å². The highest BCUT2D eigenvalue weighted by molar-refractivity contribution is 5.40. The van der Waals surface area contributed by atoms with Crippen LogP contribution >= 0.6 is 0 Å². The molecule has 0 aliphatic heterocycles. The minimum Gasteiger partial charge on any atom is -0.371 e. The van der Waals surface area contributed by atoms with Gasteiger partial charge in [0.15, 0.2) is 0 Å². The molecule has 0 amide bonds. The molecule has 0 N–H and O–H groups in total. The predicted octanol–water partition coefficient (Wildman–Crippen LogP) is 8.26. The molecule has 1 atom stereocenters. The zero-order chi connectivity index (χ0) is 22.9. The zero-order valence-corrected chi connectivity index (χ0v) is 20.7. The Morgan fingerprint density at radius 2 is 1.12 bits per heavy atom. The van der Waals surface area contributed by atoms with Crippen LogP contribution in [0.15, 0.2) is 66.7 Å². The molecule has 0 bridgehead atoms. The van der Waals surface area contributed by atoms with Crippen molar-refractivity contribution in [1.82, 2.24) is 0 Å². The number of aryl methyl sites for hydroxylation is 2. The first-order valence-electron chi connectivity index (χ1n) is 12.5. The maximum Gasteiger partial charge on any atom is 0.0828 e. The van der Waals surface area contributed by atoms with E-state index in [0.29, 0.717) is 0 Å². The van der Waals surface area contributed by atoms with Gasteiger partial charge in [-0.1, -0.05) is 93.9 Å². The van der Waals surface area contributed by atoms with E-state index >= 15 is 0 Å². The number of hydrogen-bond donors (Lipinski definition) is 0. The molecule has 0 saturated heterocycles. The van der Waals surface area contributed by atoms with Crippen molar-refractivity contribution in [3.8, 4) is 0 Å². The van der Waals surface area contributed by atoms with Crippen molar-refractivity contribution in [1.29, 1.82) is 0 Å². The molecular formula is C31H40O. The number of rotatable bonds is 11. The van der Waals surface area contributed by atoms with Gasteiger partial charge < -0.3 is 4.74 Å². The molecule has 0 spiro atoms. The Balaban J connectivity index is 2.02. The first-order chi connectivity index (χ1) is 15.5. The van der Waals surface area contributed by atoms with E-state index in [1.165, 1.54) is 38.9 Å². The van der Waals surface area contributed by atoms with E-state index in [1.807, 2.05) is 0 Å². The van der Waals surface area contributed by atoms with E-state index in [4.69, 9.17) is 4.74 Å². The number of benzene rings is 3. The van der Waals surface area contributed by atoms with Gasteiger partial charge in [0.1, 0.15) is 0 Å². The summed E-state index contributed by atoms with van der Waals surface area (Å²) in [6.07, 6.45) is 6.64. The van der Waals surface area contributed by atoms with Crippen LogP contribution in [0.5, 0.6) is 0 Å². The second kappa shape index (κ2) is 12.0. The standard InChI is InChI=1S/C31H40O/c1-6-13-31(32-23(4)5)30-21-24(19-28-16-11-9-14-26(28)7-2)18-25(22-30)20-29-17-12-10-15-27(29)8-3/h9-12,14-18,21-23,31H,6-8,13,19-20H2,1-5H3. The highest BCUT2D eigenvalue weighted by Crippen LogP contribution is 2.29. The molecule has 3 aromatic carbocycles. The summed E-state index contributed by atoms with van der Waals surface area (Å²) in [5.41, 5.74) is 9.86. The molecule has 0 fully saturated rings. The lowest BCUT2D eigenvalue weighted by atomic mass is 9.91. The second-order valence-corrected chi connectivity index (χ2v) is 9.14. The summed E-state index contributed by atoms with van der Waals surface area (Å²) in [5, 5.41) is 0. The average Bonchev–Trinajstić information content (AvgIpc) is 2.79. The van der Waals surface area contributed by atoms with E-state index in [2.05, 4.69) is 101 Å². The lowest BCUT2D eigenvalue weighted by molar-refractivity contribution is 0.00128. The summed E-state index contributed by atoms with van der Waals surface area (Å²) < 4.78 is 6.38. The predicted molar refractivity (Wildman–Crippen MR) is 138 cm³/mol. The van der Waals surface area contributed by atoms with Gasteiger partial charge in [-0.25, -0.2) is 0 Å². The van der Waals surface area contributed by atoms with Gasteiger partial charge in [0.2, 0.25) is 0 Å². The normalized spacial score (nSPS) is 12.3. The van der Waals surface area contributed by atoms with Crippen LogP contribution in [0.3, 0.4) is 0 Å². The van der Waals surface area contributed by atoms with Crippen LogP contribution in [0, 0.1) is 0 Å². The Hall–Kier alpha value is -2.38. The van der Waals surface area contributed by atoms with E-state index in [1.54, 1.807) is 0 Å². The topological polar surface area (TPSA) is 9.23 Å². The molecule has 0 aliphatic carbocycles. The highest BCUT2D eigenvalue weighted by Gasteiger charge is 2.16. The van der Waals surface area contributed by atoms with Gasteiger partial charge in [0.05, 0.1) is 12.2 Å². The summed E-state index contributed by atoms with van der Waals surface area (Å²) in [6.45, 7) is 11.0. The fourth-order valence-electron chi connectivity index (χ4n) is 4.67. The lowest BCUT2D eigenvalue weighted by Crippen LogP contribution is -2.12. The largest absolute Gasteiger partial charge is 0.371 e. The van der Waals surface area contributed by atoms with Crippen molar-refractivity contribution < 1.29 is 4.74 Å². The van der Waals surface area contributed by atoms with Crippen LogP contribution in [-0.2, 0) is 30.4 Å². The highest BCUT2D eigenvalue weighted by atomic mass is 16.5. The van der Waals surface area contributed by atoms with Gasteiger partial charge in [0.25, 0.3) is 0 Å². The van der Waals surface area contributed by atoms with E-state index < -0.39 is 0 Å². The monoisotopic (exact) mass is 428 g/mol. The minimum atomic E-state index is 0.154. The molecule has 0 aliphatic rings. The smallest absolute Gasteiger partial charge is 0.0828 e. The fourth-order valence-corrected chi connectivity index (χ4v) is 4.67. The molecule has 0 saturated carbocycles. The van der Waals surface area contributed by atoms with Crippen LogP contribution < -0.4 is 0 Å². The molecule has 0 aromatic heterocycles. The van der Waals surface area contributed by atoms with Crippen LogP contribution in [0.2, 0.25) is 0 Å². The maximum absolute atomic E-state index is 6.38. The van der Waals surface area contributed by atoms with Crippen molar-refractivity contribution >= 4 is 0 Å². The van der Waals surface area contributed by atoms with Gasteiger partial charge in [-0.15, -0.1) is 0 Å². The zero-order valence-electron chi connectivity index (χ0n) is 20.7. The summed E-state index contributed by atoms with van der Waals surface area (Å²) in [5.74, 6) is 0. The van der Waals surface area contributed by atoms with Crippen LogP contribution in [-0.4, -0.2) is 6.10 Å². The van der Waals surface area contributed by atoms with Crippen LogP contribution in [0.1, 0.15) is 92.5 Å². The summed E-state index contributed by atoms with van der Waals surface area (Å²) in [6, 6.07) is 24.9. The third kappa shape index (κ3) is 6.56. The Morgan fingerprint density at radius 1 is 0.656 bits per heavy atom. The molecular weight excluding hydrogens is 388 g/mol. The van der Waals surface area contributed by atoms with Crippen molar-refractivity contribution in [3.05, 3.63) is 106 Å². The first-order valence-corrected chi connectivity index (χ1v) is 12.5. The van der Waals surface area contributed by atoms with Gasteiger partial charge in [-0.3, -0.25) is 0 Å². The van der Waals surface area contributed by atoms with E-state index in [0.717, 1.165) is 38.5 Å². The number of hydrogen-bond acceptors (Lipinski definition) is 1. The SMILES string of the molecule is CCCC(OC(C)C)c1cc(Cc2ccccc2CC)cc(Cc2ccccc2CC)c1. The van der Waals surface area contributed by atoms with Gasteiger partial charge in [-0.05, 0) is 84.9 Å². The molecule has 32 heavy (non-hydrogen) atoms. The molecule has 1 nitrogen and oxygen atoms in total. The molecule has 0 radical (unpaired) electrons. The van der Waals surface area contributed by atoms with Crippen molar-refractivity contribution in [3.63, 3.8) is 0 Å². The van der Waals surface area contributed by atoms with E-state index in [9.17, 15) is 0 Å². The summed E-state index contributed by atoms with van der Waals surface area (Å²) in [4.78, 5) is 0. The Morgan fingerprint density at radius 3 is 1.53 bits per heavy atom. The van der Waals surface area contributed by atoms with Crippen molar-refractivity contribution in [2.24, 2.45) is 0 Å². The second-order valence-electron chi connectivity index (χ2n) is 9.14.